The zero-order valence-electron chi connectivity index (χ0n) is 23.8. The molecule has 0 heterocycles. The molecular weight excluding hydrogens is 448 g/mol. The van der Waals surface area contributed by atoms with Crippen molar-refractivity contribution in [3.05, 3.63) is 35.4 Å². The topological polar surface area (TPSA) is 52.6 Å². The Balaban J connectivity index is 2.23. The standard InChI is InChI=1S/C32H54O4/c1-5-8-9-10-11-12-13-14-15-16-17-18-19-22-26-35-31(33)28-24-20-21-25-29(28)32(34)36-30(7-3)27(4)23-6-2/h20-21,24-25,27,30H,5-19,22-23,26H2,1-4H3. The van der Waals surface area contributed by atoms with E-state index in [2.05, 4.69) is 20.8 Å². The minimum atomic E-state index is -0.438. The van der Waals surface area contributed by atoms with Gasteiger partial charge in [0, 0.05) is 0 Å². The summed E-state index contributed by atoms with van der Waals surface area (Å²) >= 11 is 0. The van der Waals surface area contributed by atoms with Crippen LogP contribution < -0.4 is 0 Å². The van der Waals surface area contributed by atoms with Gasteiger partial charge in [-0.2, -0.15) is 0 Å². The van der Waals surface area contributed by atoms with E-state index in [0.29, 0.717) is 23.7 Å². The molecule has 0 saturated carbocycles. The van der Waals surface area contributed by atoms with Gasteiger partial charge in [-0.1, -0.05) is 130 Å². The SMILES string of the molecule is CCCCCCCCCCCCCCCCOC(=O)c1ccccc1C(=O)OC(CC)C(C)CCC. The second-order valence-electron chi connectivity index (χ2n) is 10.4. The molecule has 36 heavy (non-hydrogen) atoms. The van der Waals surface area contributed by atoms with Crippen LogP contribution in [0.15, 0.2) is 24.3 Å². The molecule has 0 amide bonds. The van der Waals surface area contributed by atoms with Crippen LogP contribution in [0.25, 0.3) is 0 Å². The van der Waals surface area contributed by atoms with Crippen LogP contribution in [0, 0.1) is 5.92 Å². The molecule has 0 spiro atoms. The highest BCUT2D eigenvalue weighted by Gasteiger charge is 2.24. The van der Waals surface area contributed by atoms with Crippen LogP contribution in [-0.2, 0) is 9.47 Å². The summed E-state index contributed by atoms with van der Waals surface area (Å²) in [6.07, 6.45) is 20.8. The van der Waals surface area contributed by atoms with Gasteiger partial charge in [0.05, 0.1) is 17.7 Å². The highest BCUT2D eigenvalue weighted by molar-refractivity contribution is 6.03. The third-order valence-electron chi connectivity index (χ3n) is 7.14. The average Bonchev–Trinajstić information content (AvgIpc) is 2.89. The Hall–Kier alpha value is -1.84. The van der Waals surface area contributed by atoms with Crippen LogP contribution in [0.4, 0.5) is 0 Å². The number of carbonyl (C=O) groups is 2. The van der Waals surface area contributed by atoms with Crippen molar-refractivity contribution in [3.8, 4) is 0 Å². The van der Waals surface area contributed by atoms with Crippen molar-refractivity contribution >= 4 is 11.9 Å². The number of hydrogen-bond acceptors (Lipinski definition) is 4. The Morgan fingerprint density at radius 2 is 1.14 bits per heavy atom. The molecule has 0 fully saturated rings. The Labute approximate surface area is 221 Å². The summed E-state index contributed by atoms with van der Waals surface area (Å²) in [5.74, 6) is -0.580. The molecular formula is C32H54O4. The lowest BCUT2D eigenvalue weighted by Crippen LogP contribution is -2.26. The van der Waals surface area contributed by atoms with E-state index in [1.165, 1.54) is 77.0 Å². The highest BCUT2D eigenvalue weighted by Crippen LogP contribution is 2.20. The molecule has 0 N–H and O–H groups in total. The first kappa shape index (κ1) is 32.2. The Morgan fingerprint density at radius 1 is 0.667 bits per heavy atom. The van der Waals surface area contributed by atoms with E-state index in [1.807, 2.05) is 6.92 Å². The van der Waals surface area contributed by atoms with E-state index in [-0.39, 0.29) is 6.10 Å². The summed E-state index contributed by atoms with van der Waals surface area (Å²) in [5, 5.41) is 0. The molecule has 0 aliphatic heterocycles. The van der Waals surface area contributed by atoms with Gasteiger partial charge in [0.1, 0.15) is 6.10 Å². The zero-order valence-corrected chi connectivity index (χ0v) is 23.8. The number of rotatable bonds is 22. The van der Waals surface area contributed by atoms with Gasteiger partial charge in [0.25, 0.3) is 0 Å². The van der Waals surface area contributed by atoms with E-state index in [0.717, 1.165) is 32.1 Å². The molecule has 0 bridgehead atoms. The van der Waals surface area contributed by atoms with E-state index in [1.54, 1.807) is 24.3 Å². The molecule has 0 aromatic heterocycles. The van der Waals surface area contributed by atoms with E-state index < -0.39 is 11.9 Å². The summed E-state index contributed by atoms with van der Waals surface area (Å²) in [4.78, 5) is 25.5. The van der Waals surface area contributed by atoms with Gasteiger partial charge in [0.2, 0.25) is 0 Å². The lowest BCUT2D eigenvalue weighted by molar-refractivity contribution is 0.0132. The summed E-state index contributed by atoms with van der Waals surface area (Å²) in [5.41, 5.74) is 0.594. The quantitative estimate of drug-likeness (QED) is 0.117. The monoisotopic (exact) mass is 502 g/mol. The molecule has 0 saturated heterocycles. The molecule has 2 atom stereocenters. The number of carbonyl (C=O) groups excluding carboxylic acids is 2. The molecule has 1 aromatic rings. The maximum Gasteiger partial charge on any atom is 0.339 e. The Morgan fingerprint density at radius 3 is 1.61 bits per heavy atom. The smallest absolute Gasteiger partial charge is 0.339 e. The summed E-state index contributed by atoms with van der Waals surface area (Å²) in [6, 6.07) is 6.83. The van der Waals surface area contributed by atoms with Crippen LogP contribution in [0.3, 0.4) is 0 Å². The van der Waals surface area contributed by atoms with Crippen LogP contribution >= 0.6 is 0 Å². The molecule has 0 radical (unpaired) electrons. The first-order valence-electron chi connectivity index (χ1n) is 15.0. The van der Waals surface area contributed by atoms with Crippen molar-refractivity contribution < 1.29 is 19.1 Å². The van der Waals surface area contributed by atoms with Gasteiger partial charge < -0.3 is 9.47 Å². The lowest BCUT2D eigenvalue weighted by atomic mass is 9.97. The fraction of sp³-hybridized carbons (Fsp3) is 0.750. The second kappa shape index (κ2) is 21.3. The molecule has 206 valence electrons. The third-order valence-corrected chi connectivity index (χ3v) is 7.14. The maximum atomic E-state index is 12.8. The maximum absolute atomic E-state index is 12.8. The first-order valence-corrected chi connectivity index (χ1v) is 15.0. The van der Waals surface area contributed by atoms with Crippen LogP contribution in [0.1, 0.15) is 158 Å². The molecule has 0 aliphatic rings. The van der Waals surface area contributed by atoms with Gasteiger partial charge in [0.15, 0.2) is 0 Å². The Kier molecular flexibility index (Phi) is 19.0. The predicted molar refractivity (Wildman–Crippen MR) is 151 cm³/mol. The Bertz CT molecular complexity index is 699. The van der Waals surface area contributed by atoms with Crippen LogP contribution in [0.2, 0.25) is 0 Å². The number of ether oxygens (including phenoxy) is 2. The molecule has 4 heteroatoms. The van der Waals surface area contributed by atoms with Crippen LogP contribution in [0.5, 0.6) is 0 Å². The summed E-state index contributed by atoms with van der Waals surface area (Å²) < 4.78 is 11.3. The van der Waals surface area contributed by atoms with Crippen molar-refractivity contribution in [2.45, 2.75) is 143 Å². The van der Waals surface area contributed by atoms with Gasteiger partial charge >= 0.3 is 11.9 Å². The fourth-order valence-corrected chi connectivity index (χ4v) is 4.82. The third kappa shape index (κ3) is 14.0. The minimum Gasteiger partial charge on any atom is -0.462 e. The van der Waals surface area contributed by atoms with E-state index in [4.69, 9.17) is 9.47 Å². The van der Waals surface area contributed by atoms with Crippen molar-refractivity contribution in [1.29, 1.82) is 0 Å². The fourth-order valence-electron chi connectivity index (χ4n) is 4.82. The normalized spacial score (nSPS) is 12.8. The van der Waals surface area contributed by atoms with E-state index in [9.17, 15) is 9.59 Å². The summed E-state index contributed by atoms with van der Waals surface area (Å²) in [6.45, 7) is 8.94. The number of hydrogen-bond donors (Lipinski definition) is 0. The lowest BCUT2D eigenvalue weighted by Gasteiger charge is -2.23. The molecule has 0 aliphatic carbocycles. The molecule has 1 aromatic carbocycles. The average molecular weight is 503 g/mol. The van der Waals surface area contributed by atoms with Gasteiger partial charge in [-0.05, 0) is 37.3 Å². The molecule has 4 nitrogen and oxygen atoms in total. The largest absolute Gasteiger partial charge is 0.462 e. The number of benzene rings is 1. The van der Waals surface area contributed by atoms with Crippen LogP contribution in [-0.4, -0.2) is 24.6 Å². The minimum absolute atomic E-state index is 0.142. The van der Waals surface area contributed by atoms with Crippen molar-refractivity contribution in [2.24, 2.45) is 5.92 Å². The summed E-state index contributed by atoms with van der Waals surface area (Å²) in [7, 11) is 0. The first-order chi connectivity index (χ1) is 17.5. The number of esters is 2. The van der Waals surface area contributed by atoms with E-state index >= 15 is 0 Å². The predicted octanol–water partition coefficient (Wildman–Crippen LogP) is 9.70. The molecule has 2 unspecified atom stereocenters. The second-order valence-corrected chi connectivity index (χ2v) is 10.4. The van der Waals surface area contributed by atoms with Gasteiger partial charge in [-0.3, -0.25) is 0 Å². The van der Waals surface area contributed by atoms with Crippen molar-refractivity contribution in [2.75, 3.05) is 6.61 Å². The van der Waals surface area contributed by atoms with Crippen molar-refractivity contribution in [1.82, 2.24) is 0 Å². The highest BCUT2D eigenvalue weighted by atomic mass is 16.5. The van der Waals surface area contributed by atoms with Gasteiger partial charge in [-0.15, -0.1) is 0 Å². The van der Waals surface area contributed by atoms with Gasteiger partial charge in [-0.25, -0.2) is 9.59 Å². The zero-order chi connectivity index (χ0) is 26.4. The molecule has 1 rings (SSSR count). The van der Waals surface area contributed by atoms with Crippen molar-refractivity contribution in [3.63, 3.8) is 0 Å². The number of unbranched alkanes of at least 4 members (excludes halogenated alkanes) is 13.